The number of carbonyl (C=O) groups is 1. The maximum absolute atomic E-state index is 12.3. The molecular weight excluding hydrogens is 256 g/mol. The first-order valence-corrected chi connectivity index (χ1v) is 6.74. The van der Waals surface area contributed by atoms with Crippen molar-refractivity contribution < 1.29 is 18.3 Å². The fraction of sp³-hybridized carbons (Fsp3) is 0.455. The minimum absolute atomic E-state index is 0.0128. The van der Waals surface area contributed by atoms with Crippen molar-refractivity contribution in [1.29, 1.82) is 0 Å². The van der Waals surface area contributed by atoms with Crippen molar-refractivity contribution in [2.45, 2.75) is 31.2 Å². The Labute approximate surface area is 106 Å². The molecule has 0 aliphatic carbocycles. The number of carboxylic acids is 1. The molecule has 0 unspecified atom stereocenters. The van der Waals surface area contributed by atoms with Crippen LogP contribution >= 0.6 is 0 Å². The van der Waals surface area contributed by atoms with Gasteiger partial charge in [0.1, 0.15) is 11.4 Å². The van der Waals surface area contributed by atoms with Crippen LogP contribution in [0.15, 0.2) is 29.4 Å². The van der Waals surface area contributed by atoms with Crippen molar-refractivity contribution in [2.24, 2.45) is 0 Å². The van der Waals surface area contributed by atoms with Crippen molar-refractivity contribution in [1.82, 2.24) is 9.29 Å². The topological polar surface area (TPSA) is 87.6 Å². The number of aliphatic carboxylic acids is 1. The van der Waals surface area contributed by atoms with Crippen LogP contribution in [0.5, 0.6) is 0 Å². The van der Waals surface area contributed by atoms with E-state index in [0.29, 0.717) is 0 Å². The second-order valence-corrected chi connectivity index (χ2v) is 6.63. The molecule has 0 bridgehead atoms. The lowest BCUT2D eigenvalue weighted by molar-refractivity contribution is -0.138. The van der Waals surface area contributed by atoms with Gasteiger partial charge in [0.25, 0.3) is 0 Å². The Bertz CT molecular complexity index is 520. The molecule has 0 radical (unpaired) electrons. The van der Waals surface area contributed by atoms with Crippen LogP contribution in [-0.2, 0) is 14.8 Å². The Balaban J connectivity index is 3.25. The summed E-state index contributed by atoms with van der Waals surface area (Å²) in [6.07, 6.45) is 2.66. The Morgan fingerprint density at radius 2 is 2.06 bits per heavy atom. The molecule has 1 aromatic rings. The van der Waals surface area contributed by atoms with Crippen molar-refractivity contribution >= 4 is 16.0 Å². The summed E-state index contributed by atoms with van der Waals surface area (Å²) in [5.74, 6) is -1.20. The summed E-state index contributed by atoms with van der Waals surface area (Å²) >= 11 is 0. The Kier molecular flexibility index (Phi) is 4.08. The highest BCUT2D eigenvalue weighted by atomic mass is 32.2. The lowest BCUT2D eigenvalue weighted by atomic mass is 10.1. The Morgan fingerprint density at radius 1 is 1.44 bits per heavy atom. The van der Waals surface area contributed by atoms with E-state index < -0.39 is 28.1 Å². The predicted molar refractivity (Wildman–Crippen MR) is 65.5 cm³/mol. The van der Waals surface area contributed by atoms with E-state index in [1.54, 1.807) is 20.8 Å². The third kappa shape index (κ3) is 3.27. The summed E-state index contributed by atoms with van der Waals surface area (Å²) in [6.45, 7) is 4.35. The fourth-order valence-electron chi connectivity index (χ4n) is 1.43. The molecule has 0 amide bonds. The zero-order valence-corrected chi connectivity index (χ0v) is 11.3. The summed E-state index contributed by atoms with van der Waals surface area (Å²) in [5.41, 5.74) is -0.826. The van der Waals surface area contributed by atoms with Crippen LogP contribution in [0.1, 0.15) is 20.8 Å². The van der Waals surface area contributed by atoms with Crippen molar-refractivity contribution in [3.8, 4) is 0 Å². The summed E-state index contributed by atoms with van der Waals surface area (Å²) in [7, 11) is -3.86. The molecule has 1 heterocycles. The number of rotatable bonds is 4. The highest BCUT2D eigenvalue weighted by Gasteiger charge is 2.35. The van der Waals surface area contributed by atoms with Gasteiger partial charge >= 0.3 is 5.97 Å². The van der Waals surface area contributed by atoms with E-state index in [1.807, 2.05) is 0 Å². The molecule has 1 rings (SSSR count). The minimum Gasteiger partial charge on any atom is -0.480 e. The van der Waals surface area contributed by atoms with Gasteiger partial charge in [-0.15, -0.1) is 0 Å². The molecule has 0 spiro atoms. The van der Waals surface area contributed by atoms with Gasteiger partial charge in [0, 0.05) is 17.9 Å². The molecule has 0 aliphatic heterocycles. The summed E-state index contributed by atoms with van der Waals surface area (Å²) in [6, 6.07) is 2.89. The number of aromatic nitrogens is 1. The molecule has 0 fully saturated rings. The smallest absolute Gasteiger partial charge is 0.318 e. The third-order valence-electron chi connectivity index (χ3n) is 2.25. The molecule has 1 N–H and O–H groups in total. The van der Waals surface area contributed by atoms with Gasteiger partial charge < -0.3 is 5.11 Å². The molecular formula is C11H16N2O4S. The maximum atomic E-state index is 12.3. The molecule has 0 aromatic carbocycles. The fourth-order valence-corrected chi connectivity index (χ4v) is 3.13. The molecule has 100 valence electrons. The lowest BCUT2D eigenvalue weighted by Crippen LogP contribution is -2.48. The van der Waals surface area contributed by atoms with Crippen molar-refractivity contribution in [3.63, 3.8) is 0 Å². The number of hydrogen-bond donors (Lipinski definition) is 1. The van der Waals surface area contributed by atoms with Gasteiger partial charge in [0.05, 0.1) is 0 Å². The Morgan fingerprint density at radius 3 is 2.44 bits per heavy atom. The standard InChI is InChI=1S/C11H16N2O4S/c1-11(2,3)13(8-10(14)15)18(16,17)9-5-4-6-12-7-9/h4-7H,8H2,1-3H3,(H,14,15). The van der Waals surface area contributed by atoms with Crippen molar-refractivity contribution in [3.05, 3.63) is 24.5 Å². The van der Waals surface area contributed by atoms with Crippen LogP contribution in [0.4, 0.5) is 0 Å². The van der Waals surface area contributed by atoms with Gasteiger partial charge in [-0.3, -0.25) is 9.78 Å². The molecule has 7 heteroatoms. The summed E-state index contributed by atoms with van der Waals surface area (Å²) in [5, 5.41) is 8.84. The van der Waals surface area contributed by atoms with E-state index in [-0.39, 0.29) is 4.90 Å². The van der Waals surface area contributed by atoms with Crippen LogP contribution in [0.25, 0.3) is 0 Å². The summed E-state index contributed by atoms with van der Waals surface area (Å²) < 4.78 is 25.6. The number of sulfonamides is 1. The van der Waals surface area contributed by atoms with E-state index in [1.165, 1.54) is 24.5 Å². The van der Waals surface area contributed by atoms with Crippen molar-refractivity contribution in [2.75, 3.05) is 6.54 Å². The first kappa shape index (κ1) is 14.6. The van der Waals surface area contributed by atoms with Gasteiger partial charge in [-0.05, 0) is 32.9 Å². The number of carboxylic acid groups (broad SMARTS) is 1. The van der Waals surface area contributed by atoms with E-state index in [0.717, 1.165) is 4.31 Å². The van der Waals surface area contributed by atoms with Crippen LogP contribution in [-0.4, -0.2) is 40.9 Å². The van der Waals surface area contributed by atoms with Gasteiger partial charge in [-0.1, -0.05) is 0 Å². The third-order valence-corrected chi connectivity index (χ3v) is 4.34. The Hall–Kier alpha value is -1.47. The van der Waals surface area contributed by atoms with E-state index >= 15 is 0 Å². The molecule has 6 nitrogen and oxygen atoms in total. The van der Waals surface area contributed by atoms with E-state index in [2.05, 4.69) is 4.98 Å². The molecule has 0 atom stereocenters. The second-order valence-electron chi connectivity index (χ2n) is 4.76. The average Bonchev–Trinajstić information content (AvgIpc) is 2.25. The maximum Gasteiger partial charge on any atom is 0.318 e. The van der Waals surface area contributed by atoms with Gasteiger partial charge in [0.2, 0.25) is 10.0 Å². The quantitative estimate of drug-likeness (QED) is 0.882. The highest BCUT2D eigenvalue weighted by molar-refractivity contribution is 7.89. The molecule has 0 aliphatic rings. The minimum atomic E-state index is -3.86. The monoisotopic (exact) mass is 272 g/mol. The SMILES string of the molecule is CC(C)(C)N(CC(=O)O)S(=O)(=O)c1cccnc1. The van der Waals surface area contributed by atoms with Gasteiger partial charge in [0.15, 0.2) is 0 Å². The van der Waals surface area contributed by atoms with Crippen LogP contribution in [0, 0.1) is 0 Å². The van der Waals surface area contributed by atoms with Gasteiger partial charge in [-0.25, -0.2) is 8.42 Å². The van der Waals surface area contributed by atoms with Gasteiger partial charge in [-0.2, -0.15) is 4.31 Å². The number of nitrogens with zero attached hydrogens (tertiary/aromatic N) is 2. The normalized spacial score (nSPS) is 12.7. The second kappa shape index (κ2) is 5.03. The molecule has 18 heavy (non-hydrogen) atoms. The van der Waals surface area contributed by atoms with Crippen LogP contribution in [0.3, 0.4) is 0 Å². The van der Waals surface area contributed by atoms with E-state index in [9.17, 15) is 13.2 Å². The lowest BCUT2D eigenvalue weighted by Gasteiger charge is -2.32. The highest BCUT2D eigenvalue weighted by Crippen LogP contribution is 2.23. The average molecular weight is 272 g/mol. The predicted octanol–water partition coefficient (Wildman–Crippen LogP) is 0.955. The van der Waals surface area contributed by atoms with Crippen LogP contribution < -0.4 is 0 Å². The van der Waals surface area contributed by atoms with Crippen LogP contribution in [0.2, 0.25) is 0 Å². The number of pyridine rings is 1. The number of hydrogen-bond acceptors (Lipinski definition) is 4. The zero-order chi connectivity index (χ0) is 14.0. The first-order valence-electron chi connectivity index (χ1n) is 5.30. The molecule has 0 saturated carbocycles. The molecule has 0 saturated heterocycles. The zero-order valence-electron chi connectivity index (χ0n) is 10.5. The molecule has 1 aromatic heterocycles. The van der Waals surface area contributed by atoms with E-state index in [4.69, 9.17) is 5.11 Å². The summed E-state index contributed by atoms with van der Waals surface area (Å²) in [4.78, 5) is 14.5. The first-order chi connectivity index (χ1) is 8.15. The largest absolute Gasteiger partial charge is 0.480 e.